The third-order valence-corrected chi connectivity index (χ3v) is 3.34. The van der Waals surface area contributed by atoms with Crippen LogP contribution in [-0.4, -0.2) is 34.4 Å². The van der Waals surface area contributed by atoms with Crippen LogP contribution in [0.3, 0.4) is 0 Å². The maximum Gasteiger partial charge on any atom is 0.254 e. The van der Waals surface area contributed by atoms with E-state index in [1.807, 2.05) is 50.2 Å². The Kier molecular flexibility index (Phi) is 4.42. The highest BCUT2D eigenvalue weighted by molar-refractivity contribution is 6.00. The summed E-state index contributed by atoms with van der Waals surface area (Å²) in [7, 11) is 0. The smallest absolute Gasteiger partial charge is 0.254 e. The molecule has 2 aromatic rings. The van der Waals surface area contributed by atoms with Gasteiger partial charge in [-0.2, -0.15) is 0 Å². The van der Waals surface area contributed by atoms with Crippen LogP contribution in [-0.2, 0) is 0 Å². The van der Waals surface area contributed by atoms with E-state index in [9.17, 15) is 4.79 Å². The standard InChI is InChI=1S/C16H19N3O2/c1-11(2)19(10-15(17)18-21)16(20)14-8-7-12-5-3-4-6-13(12)9-14/h3-9,11,21H,10H2,1-2H3,(H2,17,18). The van der Waals surface area contributed by atoms with Crippen LogP contribution < -0.4 is 5.73 Å². The molecule has 5 nitrogen and oxygen atoms in total. The molecule has 0 aliphatic heterocycles. The molecule has 0 atom stereocenters. The third kappa shape index (κ3) is 3.31. The van der Waals surface area contributed by atoms with Crippen LogP contribution in [0.15, 0.2) is 47.6 Å². The van der Waals surface area contributed by atoms with Gasteiger partial charge in [-0.3, -0.25) is 4.79 Å². The van der Waals surface area contributed by atoms with Crippen LogP contribution >= 0.6 is 0 Å². The van der Waals surface area contributed by atoms with Gasteiger partial charge < -0.3 is 15.8 Å². The summed E-state index contributed by atoms with van der Waals surface area (Å²) in [5.41, 5.74) is 6.12. The van der Waals surface area contributed by atoms with Crippen molar-refractivity contribution >= 4 is 22.5 Å². The SMILES string of the molecule is CC(C)N(CC(N)=NO)C(=O)c1ccc2ccccc2c1. The number of nitrogens with zero attached hydrogens (tertiary/aromatic N) is 2. The normalized spacial score (nSPS) is 11.9. The minimum atomic E-state index is -0.137. The highest BCUT2D eigenvalue weighted by Crippen LogP contribution is 2.17. The highest BCUT2D eigenvalue weighted by Gasteiger charge is 2.20. The van der Waals surface area contributed by atoms with Gasteiger partial charge in [0.2, 0.25) is 0 Å². The number of nitrogens with two attached hydrogens (primary N) is 1. The summed E-state index contributed by atoms with van der Waals surface area (Å²) in [4.78, 5) is 14.2. The van der Waals surface area contributed by atoms with E-state index >= 15 is 0 Å². The van der Waals surface area contributed by atoms with Gasteiger partial charge in [0.05, 0.1) is 6.54 Å². The summed E-state index contributed by atoms with van der Waals surface area (Å²) in [6.07, 6.45) is 0. The quantitative estimate of drug-likeness (QED) is 0.392. The van der Waals surface area contributed by atoms with Crippen LogP contribution in [0, 0.1) is 0 Å². The highest BCUT2D eigenvalue weighted by atomic mass is 16.4. The van der Waals surface area contributed by atoms with Crippen LogP contribution in [0.5, 0.6) is 0 Å². The minimum absolute atomic E-state index is 0.0119. The molecule has 0 unspecified atom stereocenters. The Bertz CT molecular complexity index is 680. The topological polar surface area (TPSA) is 78.9 Å². The van der Waals surface area contributed by atoms with E-state index in [1.54, 1.807) is 11.0 Å². The zero-order valence-electron chi connectivity index (χ0n) is 12.2. The van der Waals surface area contributed by atoms with Crippen LogP contribution in [0.1, 0.15) is 24.2 Å². The molecule has 2 rings (SSSR count). The number of amides is 1. The molecule has 0 aliphatic carbocycles. The van der Waals surface area contributed by atoms with Crippen molar-refractivity contribution in [3.63, 3.8) is 0 Å². The van der Waals surface area contributed by atoms with Gasteiger partial charge in [-0.15, -0.1) is 0 Å². The lowest BCUT2D eigenvalue weighted by molar-refractivity contribution is 0.0734. The number of benzene rings is 2. The van der Waals surface area contributed by atoms with Gasteiger partial charge in [-0.05, 0) is 36.8 Å². The minimum Gasteiger partial charge on any atom is -0.409 e. The number of oxime groups is 1. The Morgan fingerprint density at radius 1 is 1.24 bits per heavy atom. The first-order valence-electron chi connectivity index (χ1n) is 6.79. The zero-order chi connectivity index (χ0) is 15.4. The number of carbonyl (C=O) groups excluding carboxylic acids is 1. The van der Waals surface area contributed by atoms with E-state index in [2.05, 4.69) is 5.16 Å². The molecule has 0 aliphatic rings. The number of fused-ring (bicyclic) bond motifs is 1. The number of hydrogen-bond acceptors (Lipinski definition) is 3. The zero-order valence-corrected chi connectivity index (χ0v) is 12.2. The summed E-state index contributed by atoms with van der Waals surface area (Å²) in [6, 6.07) is 13.4. The first-order valence-corrected chi connectivity index (χ1v) is 6.79. The number of rotatable bonds is 4. The van der Waals surface area contributed by atoms with Crippen molar-refractivity contribution in [2.24, 2.45) is 10.9 Å². The lowest BCUT2D eigenvalue weighted by Gasteiger charge is -2.26. The van der Waals surface area contributed by atoms with Crippen LogP contribution in [0.2, 0.25) is 0 Å². The van der Waals surface area contributed by atoms with Crippen molar-refractivity contribution in [2.75, 3.05) is 6.54 Å². The lowest BCUT2D eigenvalue weighted by Crippen LogP contribution is -2.42. The molecule has 0 radical (unpaired) electrons. The second-order valence-corrected chi connectivity index (χ2v) is 5.18. The monoisotopic (exact) mass is 285 g/mol. The largest absolute Gasteiger partial charge is 0.409 e. The predicted octanol–water partition coefficient (Wildman–Crippen LogP) is 2.44. The summed E-state index contributed by atoms with van der Waals surface area (Å²) in [5, 5.41) is 13.7. The Labute approximate surface area is 123 Å². The fraction of sp³-hybridized carbons (Fsp3) is 0.250. The second kappa shape index (κ2) is 6.26. The van der Waals surface area contributed by atoms with E-state index < -0.39 is 0 Å². The molecule has 0 heterocycles. The summed E-state index contributed by atoms with van der Waals surface area (Å²) in [5.74, 6) is -0.125. The lowest BCUT2D eigenvalue weighted by atomic mass is 10.1. The van der Waals surface area contributed by atoms with Gasteiger partial charge in [-0.1, -0.05) is 35.5 Å². The molecule has 0 fully saturated rings. The molecule has 110 valence electrons. The average Bonchev–Trinajstić information content (AvgIpc) is 2.50. The van der Waals surface area contributed by atoms with Crippen LogP contribution in [0.25, 0.3) is 10.8 Å². The first-order chi connectivity index (χ1) is 10.0. The van der Waals surface area contributed by atoms with Gasteiger partial charge in [0.25, 0.3) is 5.91 Å². The summed E-state index contributed by atoms with van der Waals surface area (Å²) >= 11 is 0. The van der Waals surface area contributed by atoms with Gasteiger partial charge in [0.15, 0.2) is 5.84 Å². The van der Waals surface area contributed by atoms with E-state index in [4.69, 9.17) is 10.9 Å². The van der Waals surface area contributed by atoms with E-state index in [0.717, 1.165) is 10.8 Å². The summed E-state index contributed by atoms with van der Waals surface area (Å²) < 4.78 is 0. The number of hydrogen-bond donors (Lipinski definition) is 2. The molecule has 3 N–H and O–H groups in total. The van der Waals surface area contributed by atoms with E-state index in [0.29, 0.717) is 5.56 Å². The molecule has 5 heteroatoms. The van der Waals surface area contributed by atoms with E-state index in [1.165, 1.54) is 0 Å². The van der Waals surface area contributed by atoms with Crippen molar-refractivity contribution in [3.05, 3.63) is 48.0 Å². The van der Waals surface area contributed by atoms with Gasteiger partial charge in [-0.25, -0.2) is 0 Å². The Morgan fingerprint density at radius 2 is 1.90 bits per heavy atom. The fourth-order valence-corrected chi connectivity index (χ4v) is 2.18. The van der Waals surface area contributed by atoms with Crippen molar-refractivity contribution in [1.29, 1.82) is 0 Å². The van der Waals surface area contributed by atoms with E-state index in [-0.39, 0.29) is 24.3 Å². The van der Waals surface area contributed by atoms with Crippen molar-refractivity contribution in [3.8, 4) is 0 Å². The molecule has 0 aromatic heterocycles. The van der Waals surface area contributed by atoms with Crippen molar-refractivity contribution < 1.29 is 10.0 Å². The maximum atomic E-state index is 12.6. The number of carbonyl (C=O) groups is 1. The molecule has 0 bridgehead atoms. The molecule has 1 amide bonds. The Hall–Kier alpha value is -2.56. The van der Waals surface area contributed by atoms with Gasteiger partial charge in [0.1, 0.15) is 0 Å². The Balaban J connectivity index is 2.34. The second-order valence-electron chi connectivity index (χ2n) is 5.18. The predicted molar refractivity (Wildman–Crippen MR) is 83.5 cm³/mol. The Morgan fingerprint density at radius 3 is 2.52 bits per heavy atom. The molecule has 0 spiro atoms. The molecule has 0 saturated carbocycles. The first kappa shape index (κ1) is 14.8. The van der Waals surface area contributed by atoms with Crippen LogP contribution in [0.4, 0.5) is 0 Å². The fourth-order valence-electron chi connectivity index (χ4n) is 2.18. The molecule has 0 saturated heterocycles. The van der Waals surface area contributed by atoms with Crippen molar-refractivity contribution in [1.82, 2.24) is 4.90 Å². The average molecular weight is 285 g/mol. The number of amidine groups is 1. The summed E-state index contributed by atoms with van der Waals surface area (Å²) in [6.45, 7) is 3.88. The molecular weight excluding hydrogens is 266 g/mol. The van der Waals surface area contributed by atoms with Gasteiger partial charge >= 0.3 is 0 Å². The van der Waals surface area contributed by atoms with Gasteiger partial charge in [0, 0.05) is 11.6 Å². The maximum absolute atomic E-state index is 12.6. The molecule has 2 aromatic carbocycles. The molecule has 21 heavy (non-hydrogen) atoms. The molecular formula is C16H19N3O2. The third-order valence-electron chi connectivity index (χ3n) is 3.34. The van der Waals surface area contributed by atoms with Crippen molar-refractivity contribution in [2.45, 2.75) is 19.9 Å².